The first-order valence-corrected chi connectivity index (χ1v) is 4.40. The molecule has 5 nitrogen and oxygen atoms in total. The Morgan fingerprint density at radius 3 is 3.08 bits per heavy atom. The third-order valence-electron chi connectivity index (χ3n) is 2.23. The molecule has 0 radical (unpaired) electrons. The van der Waals surface area contributed by atoms with Crippen molar-refractivity contribution in [2.24, 2.45) is 7.05 Å². The number of aryl methyl sites for hydroxylation is 1. The van der Waals surface area contributed by atoms with Crippen molar-refractivity contribution in [1.82, 2.24) is 15.1 Å². The molecule has 0 bridgehead atoms. The van der Waals surface area contributed by atoms with Gasteiger partial charge in [-0.2, -0.15) is 5.10 Å². The summed E-state index contributed by atoms with van der Waals surface area (Å²) in [7, 11) is 1.87. The molecule has 1 saturated heterocycles. The minimum atomic E-state index is -0.318. The number of aromatic nitrogens is 2. The van der Waals surface area contributed by atoms with E-state index >= 15 is 0 Å². The van der Waals surface area contributed by atoms with E-state index in [0.717, 1.165) is 12.4 Å². The van der Waals surface area contributed by atoms with E-state index in [1.54, 1.807) is 4.68 Å². The second-order valence-corrected chi connectivity index (χ2v) is 3.35. The molecule has 2 rings (SSSR count). The monoisotopic (exact) mass is 182 g/mol. The molecule has 1 fully saturated rings. The fraction of sp³-hybridized carbons (Fsp3) is 0.625. The van der Waals surface area contributed by atoms with Gasteiger partial charge in [0.15, 0.2) is 0 Å². The molecule has 0 aromatic carbocycles. The van der Waals surface area contributed by atoms with Crippen LogP contribution in [0.4, 0.5) is 5.82 Å². The fourth-order valence-electron chi connectivity index (χ4n) is 1.49. The molecule has 2 heterocycles. The summed E-state index contributed by atoms with van der Waals surface area (Å²) in [5.74, 6) is 0.815. The Bertz CT molecular complexity index is 285. The second-order valence-electron chi connectivity index (χ2n) is 3.35. The SMILES string of the molecule is Cn1ccc(N[C@@H]2CNC[C@H]2O)n1. The average Bonchev–Trinajstić information content (AvgIpc) is 2.64. The molecule has 1 aliphatic heterocycles. The van der Waals surface area contributed by atoms with Gasteiger partial charge in [0.25, 0.3) is 0 Å². The second kappa shape index (κ2) is 3.35. The molecule has 1 aromatic rings. The third kappa shape index (κ3) is 1.81. The summed E-state index contributed by atoms with van der Waals surface area (Å²) in [6.45, 7) is 1.45. The van der Waals surface area contributed by atoms with Gasteiger partial charge in [-0.25, -0.2) is 0 Å². The Morgan fingerprint density at radius 2 is 2.54 bits per heavy atom. The highest BCUT2D eigenvalue weighted by Gasteiger charge is 2.24. The molecule has 1 aliphatic rings. The van der Waals surface area contributed by atoms with Gasteiger partial charge in [-0.05, 0) is 0 Å². The highest BCUT2D eigenvalue weighted by Crippen LogP contribution is 2.08. The van der Waals surface area contributed by atoms with Gasteiger partial charge < -0.3 is 15.7 Å². The van der Waals surface area contributed by atoms with E-state index in [1.807, 2.05) is 19.3 Å². The first kappa shape index (κ1) is 8.52. The van der Waals surface area contributed by atoms with Crippen LogP contribution < -0.4 is 10.6 Å². The van der Waals surface area contributed by atoms with Crippen molar-refractivity contribution in [3.63, 3.8) is 0 Å². The molecule has 0 saturated carbocycles. The van der Waals surface area contributed by atoms with E-state index in [0.29, 0.717) is 6.54 Å². The van der Waals surface area contributed by atoms with E-state index in [-0.39, 0.29) is 12.1 Å². The number of hydrogen-bond acceptors (Lipinski definition) is 4. The van der Waals surface area contributed by atoms with Crippen LogP contribution in [0.1, 0.15) is 0 Å². The highest BCUT2D eigenvalue weighted by atomic mass is 16.3. The molecule has 3 N–H and O–H groups in total. The standard InChI is InChI=1S/C8H14N4O/c1-12-3-2-8(11-12)10-6-4-9-5-7(6)13/h2-3,6-7,9,13H,4-5H2,1H3,(H,10,11)/t6-,7-/m1/s1. The lowest BCUT2D eigenvalue weighted by molar-refractivity contribution is 0.185. The topological polar surface area (TPSA) is 62.1 Å². The zero-order valence-corrected chi connectivity index (χ0v) is 7.57. The summed E-state index contributed by atoms with van der Waals surface area (Å²) in [6.07, 6.45) is 1.55. The van der Waals surface area contributed by atoms with Crippen LogP contribution in [0.2, 0.25) is 0 Å². The first-order chi connectivity index (χ1) is 6.25. The van der Waals surface area contributed by atoms with Crippen molar-refractivity contribution in [2.75, 3.05) is 18.4 Å². The van der Waals surface area contributed by atoms with Crippen molar-refractivity contribution in [3.05, 3.63) is 12.3 Å². The fourth-order valence-corrected chi connectivity index (χ4v) is 1.49. The van der Waals surface area contributed by atoms with Crippen LogP contribution in [0.5, 0.6) is 0 Å². The Kier molecular flexibility index (Phi) is 2.20. The lowest BCUT2D eigenvalue weighted by Crippen LogP contribution is -2.32. The predicted octanol–water partition coefficient (Wildman–Crippen LogP) is -0.835. The van der Waals surface area contributed by atoms with Crippen LogP contribution in [0.25, 0.3) is 0 Å². The number of aliphatic hydroxyl groups is 1. The van der Waals surface area contributed by atoms with E-state index in [1.165, 1.54) is 0 Å². The highest BCUT2D eigenvalue weighted by molar-refractivity contribution is 5.34. The van der Waals surface area contributed by atoms with Crippen molar-refractivity contribution in [1.29, 1.82) is 0 Å². The normalized spacial score (nSPS) is 27.8. The number of aliphatic hydroxyl groups excluding tert-OH is 1. The van der Waals surface area contributed by atoms with E-state index < -0.39 is 0 Å². The number of nitrogens with zero attached hydrogens (tertiary/aromatic N) is 2. The molecule has 13 heavy (non-hydrogen) atoms. The zero-order chi connectivity index (χ0) is 9.26. The van der Waals surface area contributed by atoms with Gasteiger partial charge >= 0.3 is 0 Å². The summed E-state index contributed by atoms with van der Waals surface area (Å²) in [6, 6.07) is 1.97. The van der Waals surface area contributed by atoms with Gasteiger partial charge in [-0.15, -0.1) is 0 Å². The van der Waals surface area contributed by atoms with Gasteiger partial charge in [-0.1, -0.05) is 0 Å². The number of nitrogens with one attached hydrogen (secondary N) is 2. The molecule has 0 spiro atoms. The first-order valence-electron chi connectivity index (χ1n) is 4.40. The van der Waals surface area contributed by atoms with Crippen molar-refractivity contribution in [2.45, 2.75) is 12.1 Å². The van der Waals surface area contributed by atoms with Crippen LogP contribution in [0.15, 0.2) is 12.3 Å². The summed E-state index contributed by atoms with van der Waals surface area (Å²) >= 11 is 0. The third-order valence-corrected chi connectivity index (χ3v) is 2.23. The minimum Gasteiger partial charge on any atom is -0.390 e. The van der Waals surface area contributed by atoms with Crippen LogP contribution >= 0.6 is 0 Å². The van der Waals surface area contributed by atoms with Gasteiger partial charge in [0.2, 0.25) is 0 Å². The van der Waals surface area contributed by atoms with E-state index in [9.17, 15) is 5.11 Å². The molecule has 0 amide bonds. The van der Waals surface area contributed by atoms with Gasteiger partial charge in [0.1, 0.15) is 5.82 Å². The van der Waals surface area contributed by atoms with Gasteiger partial charge in [-0.3, -0.25) is 4.68 Å². The largest absolute Gasteiger partial charge is 0.390 e. The van der Waals surface area contributed by atoms with Crippen molar-refractivity contribution < 1.29 is 5.11 Å². The van der Waals surface area contributed by atoms with Crippen LogP contribution in [-0.2, 0) is 7.05 Å². The van der Waals surface area contributed by atoms with Crippen LogP contribution in [0, 0.1) is 0 Å². The molecule has 0 unspecified atom stereocenters. The molecule has 5 heteroatoms. The predicted molar refractivity (Wildman–Crippen MR) is 49.5 cm³/mol. The van der Waals surface area contributed by atoms with Gasteiger partial charge in [0, 0.05) is 32.4 Å². The number of β-amino-alcohol motifs (C(OH)–C–C–N with tert-alkyl or cyclic N) is 1. The van der Waals surface area contributed by atoms with E-state index in [4.69, 9.17) is 0 Å². The Hall–Kier alpha value is -1.07. The molecule has 0 aliphatic carbocycles. The maximum atomic E-state index is 9.50. The lowest BCUT2D eigenvalue weighted by Gasteiger charge is -2.14. The number of hydrogen-bond donors (Lipinski definition) is 3. The Balaban J connectivity index is 1.97. The van der Waals surface area contributed by atoms with E-state index in [2.05, 4.69) is 15.7 Å². The van der Waals surface area contributed by atoms with Crippen molar-refractivity contribution >= 4 is 5.82 Å². The maximum absolute atomic E-state index is 9.50. The Labute approximate surface area is 76.8 Å². The number of rotatable bonds is 2. The van der Waals surface area contributed by atoms with Crippen LogP contribution in [0.3, 0.4) is 0 Å². The smallest absolute Gasteiger partial charge is 0.148 e. The number of anilines is 1. The molecule has 1 aromatic heterocycles. The lowest BCUT2D eigenvalue weighted by atomic mass is 10.2. The van der Waals surface area contributed by atoms with Crippen molar-refractivity contribution in [3.8, 4) is 0 Å². The van der Waals surface area contributed by atoms with Gasteiger partial charge in [0.05, 0.1) is 12.1 Å². The average molecular weight is 182 g/mol. The zero-order valence-electron chi connectivity index (χ0n) is 7.57. The molecular formula is C8H14N4O. The molecule has 72 valence electrons. The molecular weight excluding hydrogens is 168 g/mol. The summed E-state index contributed by atoms with van der Waals surface area (Å²) in [4.78, 5) is 0. The summed E-state index contributed by atoms with van der Waals surface area (Å²) in [5, 5.41) is 19.9. The minimum absolute atomic E-state index is 0.0786. The molecule has 2 atom stereocenters. The maximum Gasteiger partial charge on any atom is 0.148 e. The summed E-state index contributed by atoms with van der Waals surface area (Å²) < 4.78 is 1.73. The summed E-state index contributed by atoms with van der Waals surface area (Å²) in [5.41, 5.74) is 0. The Morgan fingerprint density at radius 1 is 1.69 bits per heavy atom. The van der Waals surface area contributed by atoms with Crippen LogP contribution in [-0.4, -0.2) is 40.1 Å². The quantitative estimate of drug-likeness (QED) is 0.558.